The molecular weight excluding hydrogens is 178 g/mol. The van der Waals surface area contributed by atoms with E-state index in [2.05, 4.69) is 6.92 Å². The van der Waals surface area contributed by atoms with Crippen molar-refractivity contribution in [1.29, 1.82) is 0 Å². The van der Waals surface area contributed by atoms with Crippen molar-refractivity contribution in [3.63, 3.8) is 0 Å². The molecule has 0 saturated heterocycles. The van der Waals surface area contributed by atoms with Crippen LogP contribution in [0, 0.1) is 5.41 Å². The highest BCUT2D eigenvalue weighted by Crippen LogP contribution is 2.22. The van der Waals surface area contributed by atoms with Crippen LogP contribution in [0.4, 0.5) is 0 Å². The molecule has 0 aromatic carbocycles. The molecule has 2 N–H and O–H groups in total. The Morgan fingerprint density at radius 3 is 2.43 bits per heavy atom. The van der Waals surface area contributed by atoms with Crippen LogP contribution in [0.2, 0.25) is 0 Å². The molecule has 14 heavy (non-hydrogen) atoms. The second-order valence-corrected chi connectivity index (χ2v) is 4.12. The average molecular weight is 201 g/mol. The largest absolute Gasteiger partial charge is 0.462 e. The zero-order valence-corrected chi connectivity index (χ0v) is 9.80. The van der Waals surface area contributed by atoms with Gasteiger partial charge in [0.05, 0.1) is 11.5 Å². The van der Waals surface area contributed by atoms with Crippen molar-refractivity contribution >= 4 is 5.97 Å². The van der Waals surface area contributed by atoms with Crippen molar-refractivity contribution in [2.45, 2.75) is 53.1 Å². The highest BCUT2D eigenvalue weighted by atomic mass is 16.5. The first-order valence-corrected chi connectivity index (χ1v) is 5.41. The Kier molecular flexibility index (Phi) is 5.77. The van der Waals surface area contributed by atoms with Gasteiger partial charge < -0.3 is 10.5 Å². The second-order valence-electron chi connectivity index (χ2n) is 4.12. The van der Waals surface area contributed by atoms with Crippen LogP contribution in [0.1, 0.15) is 47.0 Å². The zero-order valence-electron chi connectivity index (χ0n) is 9.80. The third-order valence-electron chi connectivity index (χ3n) is 2.73. The Labute approximate surface area is 87.0 Å². The van der Waals surface area contributed by atoms with Gasteiger partial charge in [-0.2, -0.15) is 0 Å². The summed E-state index contributed by atoms with van der Waals surface area (Å²) in [6.45, 7) is 8.16. The highest BCUT2D eigenvalue weighted by Gasteiger charge is 2.32. The quantitative estimate of drug-likeness (QED) is 0.669. The molecule has 0 aromatic rings. The van der Waals surface area contributed by atoms with Gasteiger partial charge in [-0.25, -0.2) is 0 Å². The summed E-state index contributed by atoms with van der Waals surface area (Å²) in [5.74, 6) is -0.163. The van der Waals surface area contributed by atoms with Gasteiger partial charge in [-0.1, -0.05) is 20.3 Å². The van der Waals surface area contributed by atoms with Gasteiger partial charge in [-0.15, -0.1) is 0 Å². The molecule has 0 saturated carbocycles. The molecule has 3 heteroatoms. The molecule has 0 aromatic heterocycles. The van der Waals surface area contributed by atoms with E-state index in [1.165, 1.54) is 0 Å². The molecule has 2 unspecified atom stereocenters. The minimum absolute atomic E-state index is 0.00456. The van der Waals surface area contributed by atoms with Gasteiger partial charge >= 0.3 is 5.97 Å². The maximum absolute atomic E-state index is 11.7. The molecule has 0 bridgehead atoms. The molecule has 2 atom stereocenters. The lowest BCUT2D eigenvalue weighted by Crippen LogP contribution is -2.38. The minimum atomic E-state index is -0.512. The molecule has 0 heterocycles. The van der Waals surface area contributed by atoms with Crippen LogP contribution in [0.3, 0.4) is 0 Å². The number of hydrogen-bond donors (Lipinski definition) is 1. The smallest absolute Gasteiger partial charge is 0.313 e. The fraction of sp³-hybridized carbons (Fsp3) is 0.909. The van der Waals surface area contributed by atoms with Gasteiger partial charge in [0.25, 0.3) is 0 Å². The van der Waals surface area contributed by atoms with Crippen LogP contribution in [0.25, 0.3) is 0 Å². The summed E-state index contributed by atoms with van der Waals surface area (Å²) in [6, 6.07) is 0. The van der Waals surface area contributed by atoms with Crippen LogP contribution in [0.5, 0.6) is 0 Å². The molecule has 84 valence electrons. The predicted octanol–water partition coefficient (Wildman–Crippen LogP) is 2.09. The molecule has 0 amide bonds. The Morgan fingerprint density at radius 1 is 1.50 bits per heavy atom. The summed E-state index contributed by atoms with van der Waals surface area (Å²) in [5, 5.41) is 0. The number of esters is 1. The van der Waals surface area contributed by atoms with Crippen molar-refractivity contribution in [3.05, 3.63) is 0 Å². The number of hydrogen-bond acceptors (Lipinski definition) is 3. The van der Waals surface area contributed by atoms with Gasteiger partial charge in [-0.05, 0) is 26.7 Å². The molecule has 0 rings (SSSR count). The van der Waals surface area contributed by atoms with Crippen LogP contribution >= 0.6 is 0 Å². The first-order valence-electron chi connectivity index (χ1n) is 5.41. The number of rotatable bonds is 6. The predicted molar refractivity (Wildman–Crippen MR) is 57.9 cm³/mol. The molecule has 0 aliphatic heterocycles. The summed E-state index contributed by atoms with van der Waals surface area (Å²) < 4.78 is 5.32. The molecule has 3 nitrogen and oxygen atoms in total. The van der Waals surface area contributed by atoms with E-state index in [9.17, 15) is 4.79 Å². The fourth-order valence-electron chi connectivity index (χ4n) is 1.16. The van der Waals surface area contributed by atoms with E-state index in [1.54, 1.807) is 0 Å². The van der Waals surface area contributed by atoms with Crippen molar-refractivity contribution < 1.29 is 9.53 Å². The lowest BCUT2D eigenvalue weighted by Gasteiger charge is -2.26. The van der Waals surface area contributed by atoms with Crippen LogP contribution in [-0.4, -0.2) is 18.6 Å². The SMILES string of the molecule is CCCC(C)OC(=O)C(C)(CC)CN. The molecule has 0 aliphatic carbocycles. The molecule has 0 aliphatic rings. The second kappa shape index (κ2) is 6.02. The van der Waals surface area contributed by atoms with Crippen LogP contribution < -0.4 is 5.73 Å². The maximum atomic E-state index is 11.7. The van der Waals surface area contributed by atoms with E-state index in [0.29, 0.717) is 6.54 Å². The van der Waals surface area contributed by atoms with Gasteiger partial charge in [-0.3, -0.25) is 4.79 Å². The van der Waals surface area contributed by atoms with E-state index in [0.717, 1.165) is 19.3 Å². The van der Waals surface area contributed by atoms with Gasteiger partial charge in [0.2, 0.25) is 0 Å². The number of carbonyl (C=O) groups excluding carboxylic acids is 1. The summed E-state index contributed by atoms with van der Waals surface area (Å²) in [4.78, 5) is 11.7. The van der Waals surface area contributed by atoms with Crippen LogP contribution in [-0.2, 0) is 9.53 Å². The Bertz CT molecular complexity index is 176. The number of carbonyl (C=O) groups is 1. The first-order chi connectivity index (χ1) is 6.50. The summed E-state index contributed by atoms with van der Waals surface area (Å²) in [7, 11) is 0. The van der Waals surface area contributed by atoms with E-state index in [4.69, 9.17) is 10.5 Å². The molecule has 0 radical (unpaired) electrons. The molecule has 0 spiro atoms. The van der Waals surface area contributed by atoms with E-state index in [1.807, 2.05) is 20.8 Å². The Balaban J connectivity index is 4.18. The van der Waals surface area contributed by atoms with Crippen molar-refractivity contribution in [3.8, 4) is 0 Å². The third-order valence-corrected chi connectivity index (χ3v) is 2.73. The van der Waals surface area contributed by atoms with Crippen LogP contribution in [0.15, 0.2) is 0 Å². The summed E-state index contributed by atoms with van der Waals surface area (Å²) in [6.07, 6.45) is 2.67. The number of ether oxygens (including phenoxy) is 1. The van der Waals surface area contributed by atoms with Crippen molar-refractivity contribution in [1.82, 2.24) is 0 Å². The fourth-order valence-corrected chi connectivity index (χ4v) is 1.16. The lowest BCUT2D eigenvalue weighted by molar-refractivity contribution is -0.159. The van der Waals surface area contributed by atoms with Gasteiger partial charge in [0.15, 0.2) is 0 Å². The van der Waals surface area contributed by atoms with E-state index in [-0.39, 0.29) is 12.1 Å². The first kappa shape index (κ1) is 13.4. The van der Waals surface area contributed by atoms with Gasteiger partial charge in [0.1, 0.15) is 0 Å². The standard InChI is InChI=1S/C11H23NO2/c1-5-7-9(3)14-10(13)11(4,6-2)8-12/h9H,5-8,12H2,1-4H3. The third kappa shape index (κ3) is 3.66. The summed E-state index contributed by atoms with van der Waals surface area (Å²) in [5.41, 5.74) is 5.06. The maximum Gasteiger partial charge on any atom is 0.313 e. The van der Waals surface area contributed by atoms with Crippen molar-refractivity contribution in [2.75, 3.05) is 6.54 Å². The lowest BCUT2D eigenvalue weighted by atomic mass is 9.88. The summed E-state index contributed by atoms with van der Waals surface area (Å²) >= 11 is 0. The molecular formula is C11H23NO2. The minimum Gasteiger partial charge on any atom is -0.462 e. The normalized spacial score (nSPS) is 17.2. The Morgan fingerprint density at radius 2 is 2.07 bits per heavy atom. The highest BCUT2D eigenvalue weighted by molar-refractivity contribution is 5.76. The topological polar surface area (TPSA) is 52.3 Å². The number of nitrogens with two attached hydrogens (primary N) is 1. The van der Waals surface area contributed by atoms with E-state index < -0.39 is 5.41 Å². The zero-order chi connectivity index (χ0) is 11.2. The average Bonchev–Trinajstić information content (AvgIpc) is 2.16. The molecule has 0 fully saturated rings. The Hall–Kier alpha value is -0.570. The monoisotopic (exact) mass is 201 g/mol. The van der Waals surface area contributed by atoms with E-state index >= 15 is 0 Å². The van der Waals surface area contributed by atoms with Gasteiger partial charge in [0, 0.05) is 6.54 Å². The van der Waals surface area contributed by atoms with Crippen molar-refractivity contribution in [2.24, 2.45) is 11.1 Å².